The first-order valence-electron chi connectivity index (χ1n) is 4.57. The lowest BCUT2D eigenvalue weighted by atomic mass is 10.1. The predicted molar refractivity (Wildman–Crippen MR) is 67.6 cm³/mol. The van der Waals surface area contributed by atoms with Crippen molar-refractivity contribution in [1.29, 1.82) is 0 Å². The molecule has 2 nitrogen and oxygen atoms in total. The van der Waals surface area contributed by atoms with Crippen molar-refractivity contribution in [3.8, 4) is 0 Å². The second-order valence-corrected chi connectivity index (χ2v) is 4.95. The summed E-state index contributed by atoms with van der Waals surface area (Å²) in [5.41, 5.74) is 4.01. The van der Waals surface area contributed by atoms with Crippen LogP contribution in [0.3, 0.4) is 0 Å². The predicted octanol–water partition coefficient (Wildman–Crippen LogP) is 3.06. The molecular weight excluding hydrogens is 272 g/mol. The van der Waals surface area contributed by atoms with Crippen LogP contribution in [0.25, 0.3) is 0 Å². The molecule has 0 aliphatic rings. The molecule has 0 saturated heterocycles. The smallest absolute Gasteiger partial charge is 0.0813 e. The van der Waals surface area contributed by atoms with E-state index in [1.165, 1.54) is 10.4 Å². The minimum Gasteiger partial charge on any atom is -0.271 e. The summed E-state index contributed by atoms with van der Waals surface area (Å²) in [5, 5.41) is 2.05. The Balaban J connectivity index is 2.37. The number of nitrogens with one attached hydrogen (secondary N) is 1. The van der Waals surface area contributed by atoms with Gasteiger partial charge in [-0.15, -0.1) is 11.3 Å². The van der Waals surface area contributed by atoms with Gasteiger partial charge in [0.05, 0.1) is 6.04 Å². The molecule has 1 heterocycles. The van der Waals surface area contributed by atoms with Crippen molar-refractivity contribution >= 4 is 27.3 Å². The first-order chi connectivity index (χ1) is 7.33. The highest BCUT2D eigenvalue weighted by Crippen LogP contribution is 2.32. The van der Waals surface area contributed by atoms with Crippen molar-refractivity contribution in [1.82, 2.24) is 5.43 Å². The van der Waals surface area contributed by atoms with E-state index in [9.17, 15) is 0 Å². The Labute approximate surface area is 101 Å². The van der Waals surface area contributed by atoms with Crippen LogP contribution in [-0.4, -0.2) is 0 Å². The van der Waals surface area contributed by atoms with Crippen molar-refractivity contribution in [3.63, 3.8) is 0 Å². The molecule has 2 aromatic rings. The summed E-state index contributed by atoms with van der Waals surface area (Å²) in [6, 6.07) is 12.3. The third-order valence-electron chi connectivity index (χ3n) is 2.21. The Morgan fingerprint density at radius 2 is 1.93 bits per heavy atom. The van der Waals surface area contributed by atoms with Crippen LogP contribution in [0.5, 0.6) is 0 Å². The van der Waals surface area contributed by atoms with E-state index in [2.05, 4.69) is 33.5 Å². The quantitative estimate of drug-likeness (QED) is 0.671. The highest BCUT2D eigenvalue weighted by molar-refractivity contribution is 9.10. The molecule has 0 aliphatic carbocycles. The average Bonchev–Trinajstić information content (AvgIpc) is 2.68. The van der Waals surface area contributed by atoms with Crippen molar-refractivity contribution in [2.75, 3.05) is 0 Å². The summed E-state index contributed by atoms with van der Waals surface area (Å²) in [4.78, 5) is 1.20. The Bertz CT molecular complexity index is 427. The summed E-state index contributed by atoms with van der Waals surface area (Å²) in [6.07, 6.45) is 0. The number of hydrazine groups is 1. The molecule has 3 N–H and O–H groups in total. The molecule has 4 heteroatoms. The number of rotatable bonds is 3. The Hall–Kier alpha value is -0.680. The van der Waals surface area contributed by atoms with Gasteiger partial charge in [-0.25, -0.2) is 5.43 Å². The van der Waals surface area contributed by atoms with E-state index in [-0.39, 0.29) is 6.04 Å². The summed E-state index contributed by atoms with van der Waals surface area (Å²) in [6.45, 7) is 0. The van der Waals surface area contributed by atoms with Crippen molar-refractivity contribution in [3.05, 3.63) is 56.7 Å². The van der Waals surface area contributed by atoms with Crippen LogP contribution >= 0.6 is 27.3 Å². The first-order valence-corrected chi connectivity index (χ1v) is 6.24. The molecule has 0 aliphatic heterocycles. The second kappa shape index (κ2) is 4.90. The molecule has 78 valence electrons. The van der Waals surface area contributed by atoms with Crippen LogP contribution in [0, 0.1) is 0 Å². The summed E-state index contributed by atoms with van der Waals surface area (Å²) in [5.74, 6) is 5.60. The van der Waals surface area contributed by atoms with Gasteiger partial charge >= 0.3 is 0 Å². The Kier molecular flexibility index (Phi) is 3.53. The molecule has 0 radical (unpaired) electrons. The number of halogens is 1. The second-order valence-electron chi connectivity index (χ2n) is 3.14. The molecule has 0 bridgehead atoms. The van der Waals surface area contributed by atoms with Gasteiger partial charge in [0.2, 0.25) is 0 Å². The van der Waals surface area contributed by atoms with Crippen LogP contribution in [-0.2, 0) is 0 Å². The van der Waals surface area contributed by atoms with Crippen molar-refractivity contribution in [2.45, 2.75) is 6.04 Å². The monoisotopic (exact) mass is 282 g/mol. The van der Waals surface area contributed by atoms with Gasteiger partial charge in [0.25, 0.3) is 0 Å². The van der Waals surface area contributed by atoms with Gasteiger partial charge in [-0.05, 0) is 32.9 Å². The number of hydrogen-bond donors (Lipinski definition) is 2. The lowest BCUT2D eigenvalue weighted by molar-refractivity contribution is 0.645. The minimum atomic E-state index is 0.0561. The van der Waals surface area contributed by atoms with Crippen molar-refractivity contribution < 1.29 is 0 Å². The third kappa shape index (κ3) is 2.29. The molecule has 2 rings (SSSR count). The Morgan fingerprint density at radius 3 is 2.47 bits per heavy atom. The molecule has 0 spiro atoms. The summed E-state index contributed by atoms with van der Waals surface area (Å²) in [7, 11) is 0. The maximum atomic E-state index is 5.60. The molecule has 0 saturated carbocycles. The van der Waals surface area contributed by atoms with E-state index in [0.717, 1.165) is 4.47 Å². The zero-order valence-electron chi connectivity index (χ0n) is 7.98. The molecule has 0 amide bonds. The lowest BCUT2D eigenvalue weighted by Crippen LogP contribution is -2.28. The highest BCUT2D eigenvalue weighted by atomic mass is 79.9. The van der Waals surface area contributed by atoms with Crippen LogP contribution < -0.4 is 11.3 Å². The number of nitrogens with two attached hydrogens (primary N) is 1. The lowest BCUT2D eigenvalue weighted by Gasteiger charge is -2.15. The van der Waals surface area contributed by atoms with E-state index in [1.54, 1.807) is 11.3 Å². The van der Waals surface area contributed by atoms with Gasteiger partial charge in [0.1, 0.15) is 0 Å². The number of hydrogen-bond acceptors (Lipinski definition) is 3. The zero-order chi connectivity index (χ0) is 10.7. The maximum Gasteiger partial charge on any atom is 0.0813 e. The van der Waals surface area contributed by atoms with E-state index < -0.39 is 0 Å². The molecule has 1 atom stereocenters. The summed E-state index contributed by atoms with van der Waals surface area (Å²) < 4.78 is 1.10. The molecule has 1 aromatic heterocycles. The van der Waals surface area contributed by atoms with Crippen molar-refractivity contribution in [2.24, 2.45) is 5.84 Å². The molecule has 1 aromatic carbocycles. The van der Waals surface area contributed by atoms with Gasteiger partial charge in [0, 0.05) is 9.35 Å². The van der Waals surface area contributed by atoms with E-state index in [4.69, 9.17) is 5.84 Å². The van der Waals surface area contributed by atoms with Crippen LogP contribution in [0.4, 0.5) is 0 Å². The van der Waals surface area contributed by atoms with Crippen LogP contribution in [0.15, 0.2) is 46.3 Å². The standard InChI is InChI=1S/C11H11BrN2S/c12-9-6-7-15-11(9)10(14-13)8-4-2-1-3-5-8/h1-7,10,14H,13H2. The van der Waals surface area contributed by atoms with Crippen LogP contribution in [0.2, 0.25) is 0 Å². The third-order valence-corrected chi connectivity index (χ3v) is 4.14. The SMILES string of the molecule is NNC(c1ccccc1)c1sccc1Br. The molecule has 0 fully saturated rings. The first kappa shape index (κ1) is 10.8. The Morgan fingerprint density at radius 1 is 1.20 bits per heavy atom. The minimum absolute atomic E-state index is 0.0561. The molecule has 15 heavy (non-hydrogen) atoms. The number of thiophene rings is 1. The topological polar surface area (TPSA) is 38.0 Å². The van der Waals surface area contributed by atoms with Gasteiger partial charge in [-0.3, -0.25) is 5.84 Å². The average molecular weight is 283 g/mol. The van der Waals surface area contributed by atoms with Gasteiger partial charge < -0.3 is 0 Å². The van der Waals surface area contributed by atoms with Gasteiger partial charge in [0.15, 0.2) is 0 Å². The fraction of sp³-hybridized carbons (Fsp3) is 0.0909. The van der Waals surface area contributed by atoms with Crippen LogP contribution in [0.1, 0.15) is 16.5 Å². The fourth-order valence-electron chi connectivity index (χ4n) is 1.48. The largest absolute Gasteiger partial charge is 0.271 e. The van der Waals surface area contributed by atoms with E-state index >= 15 is 0 Å². The van der Waals surface area contributed by atoms with Gasteiger partial charge in [-0.2, -0.15) is 0 Å². The zero-order valence-corrected chi connectivity index (χ0v) is 10.4. The van der Waals surface area contributed by atoms with E-state index in [0.29, 0.717) is 0 Å². The molecular formula is C11H11BrN2S. The maximum absolute atomic E-state index is 5.60. The highest BCUT2D eigenvalue weighted by Gasteiger charge is 2.15. The summed E-state index contributed by atoms with van der Waals surface area (Å²) >= 11 is 5.21. The molecule has 1 unspecified atom stereocenters. The normalized spacial score (nSPS) is 12.7. The van der Waals surface area contributed by atoms with Gasteiger partial charge in [-0.1, -0.05) is 30.3 Å². The number of benzene rings is 1. The fourth-order valence-corrected chi connectivity index (χ4v) is 3.17. The van der Waals surface area contributed by atoms with E-state index in [1.807, 2.05) is 29.6 Å².